The van der Waals surface area contributed by atoms with Gasteiger partial charge in [-0.05, 0) is 32.0 Å². The van der Waals surface area contributed by atoms with Crippen LogP contribution in [0.4, 0.5) is 5.69 Å². The number of nitrogens with zero attached hydrogens (tertiary/aromatic N) is 1. The molecule has 18 heavy (non-hydrogen) atoms. The highest BCUT2D eigenvalue weighted by Gasteiger charge is 2.21. The fourth-order valence-electron chi connectivity index (χ4n) is 1.34. The van der Waals surface area contributed by atoms with Crippen LogP contribution in [0.1, 0.15) is 25.8 Å². The van der Waals surface area contributed by atoms with Crippen LogP contribution in [-0.4, -0.2) is 18.6 Å². The highest BCUT2D eigenvalue weighted by molar-refractivity contribution is 6.33. The van der Waals surface area contributed by atoms with Crippen LogP contribution in [0.15, 0.2) is 18.2 Å². The number of benzene rings is 1. The molecule has 0 aliphatic rings. The molecule has 96 valence electrons. The molecule has 1 N–H and O–H groups in total. The number of methoxy groups -OCH3 is 1. The van der Waals surface area contributed by atoms with Crippen molar-refractivity contribution < 1.29 is 9.53 Å². The van der Waals surface area contributed by atoms with Crippen LogP contribution >= 0.6 is 11.6 Å². The Kier molecular flexibility index (Phi) is 4.71. The van der Waals surface area contributed by atoms with Gasteiger partial charge in [-0.2, -0.15) is 5.26 Å². The van der Waals surface area contributed by atoms with E-state index < -0.39 is 5.60 Å². The largest absolute Gasteiger partial charge is 0.378 e. The van der Waals surface area contributed by atoms with Gasteiger partial charge < -0.3 is 10.1 Å². The van der Waals surface area contributed by atoms with Gasteiger partial charge in [0.25, 0.3) is 0 Å². The first-order valence-electron chi connectivity index (χ1n) is 5.42. The molecule has 0 atom stereocenters. The monoisotopic (exact) mass is 266 g/mol. The number of carbonyl (C=O) groups excluding carboxylic acids is 1. The van der Waals surface area contributed by atoms with E-state index in [4.69, 9.17) is 21.6 Å². The molecule has 0 aromatic heterocycles. The van der Waals surface area contributed by atoms with E-state index in [2.05, 4.69) is 5.32 Å². The molecule has 0 spiro atoms. The molecule has 5 heteroatoms. The third-order valence-electron chi connectivity index (χ3n) is 2.51. The second kappa shape index (κ2) is 5.85. The third-order valence-corrected chi connectivity index (χ3v) is 2.84. The van der Waals surface area contributed by atoms with E-state index in [1.54, 1.807) is 25.3 Å². The number of hydrogen-bond donors (Lipinski definition) is 1. The SMILES string of the molecule is COC(C)(C)CC(=O)Nc1cc(C#N)ccc1Cl. The Labute approximate surface area is 112 Å². The van der Waals surface area contributed by atoms with E-state index in [0.29, 0.717) is 16.3 Å². The molecule has 0 radical (unpaired) electrons. The molecule has 1 aromatic rings. The zero-order valence-corrected chi connectivity index (χ0v) is 11.3. The van der Waals surface area contributed by atoms with Crippen molar-refractivity contribution in [3.8, 4) is 6.07 Å². The average Bonchev–Trinajstić information content (AvgIpc) is 2.31. The summed E-state index contributed by atoms with van der Waals surface area (Å²) in [6.07, 6.45) is 0.205. The molecule has 0 unspecified atom stereocenters. The smallest absolute Gasteiger partial charge is 0.227 e. The van der Waals surface area contributed by atoms with Gasteiger partial charge in [0.05, 0.1) is 34.4 Å². The summed E-state index contributed by atoms with van der Waals surface area (Å²) in [6.45, 7) is 3.64. The van der Waals surface area contributed by atoms with Gasteiger partial charge in [-0.3, -0.25) is 4.79 Å². The lowest BCUT2D eigenvalue weighted by atomic mass is 10.0. The number of nitrogens with one attached hydrogen (secondary N) is 1. The summed E-state index contributed by atoms with van der Waals surface area (Å²) in [5.41, 5.74) is 0.344. The average molecular weight is 267 g/mol. The second-order valence-electron chi connectivity index (χ2n) is 4.50. The number of carbonyl (C=O) groups is 1. The zero-order chi connectivity index (χ0) is 13.8. The van der Waals surface area contributed by atoms with Gasteiger partial charge >= 0.3 is 0 Å². The van der Waals surface area contributed by atoms with Crippen molar-refractivity contribution in [3.63, 3.8) is 0 Å². The van der Waals surface area contributed by atoms with Crippen molar-refractivity contribution in [2.24, 2.45) is 0 Å². The maximum atomic E-state index is 11.8. The summed E-state index contributed by atoms with van der Waals surface area (Å²) in [4.78, 5) is 11.8. The van der Waals surface area contributed by atoms with Gasteiger partial charge in [0.15, 0.2) is 0 Å². The number of hydrogen-bond acceptors (Lipinski definition) is 3. The molecule has 0 fully saturated rings. The maximum Gasteiger partial charge on any atom is 0.227 e. The quantitative estimate of drug-likeness (QED) is 0.911. The van der Waals surface area contributed by atoms with Crippen LogP contribution < -0.4 is 5.32 Å². The number of rotatable bonds is 4. The predicted octanol–water partition coefficient (Wildman–Crippen LogP) is 2.97. The van der Waals surface area contributed by atoms with E-state index in [9.17, 15) is 4.79 Å². The van der Waals surface area contributed by atoms with Crippen LogP contribution in [-0.2, 0) is 9.53 Å². The highest BCUT2D eigenvalue weighted by atomic mass is 35.5. The Morgan fingerprint density at radius 3 is 2.78 bits per heavy atom. The molecule has 0 bridgehead atoms. The minimum Gasteiger partial charge on any atom is -0.378 e. The summed E-state index contributed by atoms with van der Waals surface area (Å²) in [5.74, 6) is -0.209. The van der Waals surface area contributed by atoms with E-state index >= 15 is 0 Å². The zero-order valence-electron chi connectivity index (χ0n) is 10.6. The number of nitriles is 1. The molecule has 0 aliphatic heterocycles. The highest BCUT2D eigenvalue weighted by Crippen LogP contribution is 2.24. The fourth-order valence-corrected chi connectivity index (χ4v) is 1.51. The Morgan fingerprint density at radius 1 is 1.56 bits per heavy atom. The van der Waals surface area contributed by atoms with E-state index in [1.165, 1.54) is 0 Å². The Bertz CT molecular complexity index is 492. The maximum absolute atomic E-state index is 11.8. The first-order chi connectivity index (χ1) is 8.38. The molecule has 0 saturated heterocycles. The molecule has 0 saturated carbocycles. The molecule has 0 heterocycles. The van der Waals surface area contributed by atoms with Gasteiger partial charge in [0.1, 0.15) is 0 Å². The summed E-state index contributed by atoms with van der Waals surface area (Å²) in [5, 5.41) is 11.9. The predicted molar refractivity (Wildman–Crippen MR) is 70.5 cm³/mol. The number of halogens is 1. The molecule has 1 rings (SSSR count). The fraction of sp³-hybridized carbons (Fsp3) is 0.385. The van der Waals surface area contributed by atoms with Crippen molar-refractivity contribution in [2.45, 2.75) is 25.9 Å². The van der Waals surface area contributed by atoms with Crippen LogP contribution in [0.3, 0.4) is 0 Å². The number of ether oxygens (including phenoxy) is 1. The number of anilines is 1. The summed E-state index contributed by atoms with van der Waals surface area (Å²) in [6, 6.07) is 6.71. The van der Waals surface area contributed by atoms with Gasteiger partial charge in [0.2, 0.25) is 5.91 Å². The van der Waals surface area contributed by atoms with E-state index in [-0.39, 0.29) is 12.3 Å². The molecular formula is C13H15ClN2O2. The first kappa shape index (κ1) is 14.5. The van der Waals surface area contributed by atoms with Crippen molar-refractivity contribution in [3.05, 3.63) is 28.8 Å². The summed E-state index contributed by atoms with van der Waals surface area (Å²) in [7, 11) is 1.55. The summed E-state index contributed by atoms with van der Waals surface area (Å²) >= 11 is 5.95. The molecular weight excluding hydrogens is 252 g/mol. The van der Waals surface area contributed by atoms with Gasteiger partial charge in [-0.15, -0.1) is 0 Å². The minimum atomic E-state index is -0.538. The molecule has 1 amide bonds. The summed E-state index contributed by atoms with van der Waals surface area (Å²) < 4.78 is 5.17. The first-order valence-corrected chi connectivity index (χ1v) is 5.80. The van der Waals surface area contributed by atoms with E-state index in [1.807, 2.05) is 19.9 Å². The van der Waals surface area contributed by atoms with Gasteiger partial charge in [-0.25, -0.2) is 0 Å². The van der Waals surface area contributed by atoms with Crippen molar-refractivity contribution in [1.82, 2.24) is 0 Å². The standard InChI is InChI=1S/C13H15ClN2O2/c1-13(2,18-3)7-12(17)16-11-6-9(8-15)4-5-10(11)14/h4-6H,7H2,1-3H3,(H,16,17). The minimum absolute atomic E-state index is 0.205. The normalized spacial score (nSPS) is 10.8. The van der Waals surface area contributed by atoms with Crippen LogP contribution in [0.25, 0.3) is 0 Å². The van der Waals surface area contributed by atoms with E-state index in [0.717, 1.165) is 0 Å². The molecule has 4 nitrogen and oxygen atoms in total. The molecule has 0 aliphatic carbocycles. The second-order valence-corrected chi connectivity index (χ2v) is 4.90. The Hall–Kier alpha value is -1.57. The molecule has 1 aromatic carbocycles. The van der Waals surface area contributed by atoms with Gasteiger partial charge in [0, 0.05) is 7.11 Å². The van der Waals surface area contributed by atoms with Crippen molar-refractivity contribution in [2.75, 3.05) is 12.4 Å². The lowest BCUT2D eigenvalue weighted by molar-refractivity contribution is -0.121. The Morgan fingerprint density at radius 2 is 2.22 bits per heavy atom. The topological polar surface area (TPSA) is 62.1 Å². The Balaban J connectivity index is 2.79. The van der Waals surface area contributed by atoms with Crippen LogP contribution in [0.2, 0.25) is 5.02 Å². The van der Waals surface area contributed by atoms with Gasteiger partial charge in [-0.1, -0.05) is 11.6 Å². The lowest BCUT2D eigenvalue weighted by Crippen LogP contribution is -2.29. The number of amides is 1. The lowest BCUT2D eigenvalue weighted by Gasteiger charge is -2.22. The van der Waals surface area contributed by atoms with Crippen molar-refractivity contribution >= 4 is 23.2 Å². The van der Waals surface area contributed by atoms with Crippen molar-refractivity contribution in [1.29, 1.82) is 5.26 Å². The third kappa shape index (κ3) is 4.02. The van der Waals surface area contributed by atoms with Crippen LogP contribution in [0, 0.1) is 11.3 Å². The van der Waals surface area contributed by atoms with Crippen LogP contribution in [0.5, 0.6) is 0 Å².